The number of nitrogens with zero attached hydrogens (tertiary/aromatic N) is 2. The summed E-state index contributed by atoms with van der Waals surface area (Å²) in [7, 11) is 0. The highest BCUT2D eigenvalue weighted by Crippen LogP contribution is 2.14. The monoisotopic (exact) mass is 386 g/mol. The Labute approximate surface area is 162 Å². The number of carboxylic acid groups (broad SMARTS) is 1. The molecule has 7 heteroatoms. The van der Waals surface area contributed by atoms with Crippen LogP contribution >= 0.6 is 11.3 Å². The van der Waals surface area contributed by atoms with Crippen LogP contribution in [-0.2, 0) is 11.2 Å². The molecule has 1 N–H and O–H groups in total. The lowest BCUT2D eigenvalue weighted by Crippen LogP contribution is -2.37. The van der Waals surface area contributed by atoms with E-state index in [1.165, 1.54) is 11.3 Å². The first-order chi connectivity index (χ1) is 13.0. The van der Waals surface area contributed by atoms with Gasteiger partial charge in [-0.1, -0.05) is 12.1 Å². The lowest BCUT2D eigenvalue weighted by molar-refractivity contribution is -0.131. The van der Waals surface area contributed by atoms with E-state index in [0.29, 0.717) is 44.6 Å². The van der Waals surface area contributed by atoms with Gasteiger partial charge in [-0.15, -0.1) is 0 Å². The molecule has 1 aromatic carbocycles. The van der Waals surface area contributed by atoms with Gasteiger partial charge < -0.3 is 14.9 Å². The van der Waals surface area contributed by atoms with E-state index in [2.05, 4.69) is 0 Å². The number of aromatic carboxylic acids is 1. The highest BCUT2D eigenvalue weighted by atomic mass is 32.1. The first-order valence-corrected chi connectivity index (χ1v) is 9.90. The zero-order chi connectivity index (χ0) is 19.2. The topological polar surface area (TPSA) is 77.9 Å². The van der Waals surface area contributed by atoms with Gasteiger partial charge >= 0.3 is 5.97 Å². The van der Waals surface area contributed by atoms with E-state index >= 15 is 0 Å². The van der Waals surface area contributed by atoms with Crippen LogP contribution in [0.25, 0.3) is 0 Å². The molecule has 2 amide bonds. The Bertz CT molecular complexity index is 802. The van der Waals surface area contributed by atoms with Crippen molar-refractivity contribution in [1.82, 2.24) is 9.80 Å². The zero-order valence-corrected chi connectivity index (χ0v) is 15.8. The van der Waals surface area contributed by atoms with Gasteiger partial charge in [0.05, 0.1) is 11.1 Å². The average Bonchev–Trinajstić information content (AvgIpc) is 3.10. The molecule has 1 aliphatic rings. The Morgan fingerprint density at radius 1 is 0.926 bits per heavy atom. The SMILES string of the molecule is O=C(O)c1ccc(CCC(=O)N2CCCN(C(=O)c3ccsc3)CC2)cc1. The van der Waals surface area contributed by atoms with Gasteiger partial charge in [0.1, 0.15) is 0 Å². The van der Waals surface area contributed by atoms with Gasteiger partial charge in [-0.25, -0.2) is 4.79 Å². The molecule has 0 bridgehead atoms. The quantitative estimate of drug-likeness (QED) is 0.857. The molecule has 1 aromatic heterocycles. The largest absolute Gasteiger partial charge is 0.478 e. The van der Waals surface area contributed by atoms with E-state index in [9.17, 15) is 14.4 Å². The van der Waals surface area contributed by atoms with Crippen molar-refractivity contribution < 1.29 is 19.5 Å². The summed E-state index contributed by atoms with van der Waals surface area (Å²) in [5.41, 5.74) is 1.90. The van der Waals surface area contributed by atoms with Crippen molar-refractivity contribution in [2.75, 3.05) is 26.2 Å². The Kier molecular flexibility index (Phi) is 6.24. The molecule has 0 unspecified atom stereocenters. The number of carbonyl (C=O) groups is 3. The van der Waals surface area contributed by atoms with Gasteiger partial charge in [0.15, 0.2) is 0 Å². The number of hydrogen-bond acceptors (Lipinski definition) is 4. The molecule has 2 heterocycles. The molecule has 6 nitrogen and oxygen atoms in total. The third-order valence-corrected chi connectivity index (χ3v) is 5.42. The molecule has 27 heavy (non-hydrogen) atoms. The molecule has 1 fully saturated rings. The number of carbonyl (C=O) groups excluding carboxylic acids is 2. The molecule has 0 spiro atoms. The summed E-state index contributed by atoms with van der Waals surface area (Å²) in [5.74, 6) is -0.852. The Balaban J connectivity index is 1.50. The maximum Gasteiger partial charge on any atom is 0.335 e. The summed E-state index contributed by atoms with van der Waals surface area (Å²) in [5, 5.41) is 12.7. The highest BCUT2D eigenvalue weighted by Gasteiger charge is 2.22. The van der Waals surface area contributed by atoms with Gasteiger partial charge in [0.2, 0.25) is 5.91 Å². The van der Waals surface area contributed by atoms with Gasteiger partial charge in [-0.3, -0.25) is 9.59 Å². The summed E-state index contributed by atoms with van der Waals surface area (Å²) in [6.45, 7) is 2.42. The first-order valence-electron chi connectivity index (χ1n) is 8.96. The summed E-state index contributed by atoms with van der Waals surface area (Å²) >= 11 is 1.50. The van der Waals surface area contributed by atoms with Crippen LogP contribution in [-0.4, -0.2) is 58.9 Å². The lowest BCUT2D eigenvalue weighted by atomic mass is 10.1. The Morgan fingerprint density at radius 3 is 2.30 bits per heavy atom. The van der Waals surface area contributed by atoms with Crippen molar-refractivity contribution in [3.8, 4) is 0 Å². The van der Waals surface area contributed by atoms with E-state index in [4.69, 9.17) is 5.11 Å². The van der Waals surface area contributed by atoms with Crippen LogP contribution in [0.1, 0.15) is 39.1 Å². The van der Waals surface area contributed by atoms with Gasteiger partial charge in [0, 0.05) is 38.0 Å². The van der Waals surface area contributed by atoms with Crippen molar-refractivity contribution >= 4 is 29.1 Å². The number of aryl methyl sites for hydroxylation is 1. The van der Waals surface area contributed by atoms with Crippen molar-refractivity contribution in [3.05, 3.63) is 57.8 Å². The second kappa shape index (κ2) is 8.81. The van der Waals surface area contributed by atoms with Crippen molar-refractivity contribution in [1.29, 1.82) is 0 Å². The Morgan fingerprint density at radius 2 is 1.63 bits per heavy atom. The van der Waals surface area contributed by atoms with Crippen LogP contribution in [0.3, 0.4) is 0 Å². The maximum absolute atomic E-state index is 12.5. The third kappa shape index (κ3) is 4.95. The molecular weight excluding hydrogens is 364 g/mol. The van der Waals surface area contributed by atoms with Crippen molar-refractivity contribution in [2.45, 2.75) is 19.3 Å². The maximum atomic E-state index is 12.5. The minimum atomic E-state index is -0.955. The molecule has 1 saturated heterocycles. The van der Waals surface area contributed by atoms with Crippen LogP contribution in [0.2, 0.25) is 0 Å². The molecule has 0 radical (unpaired) electrons. The van der Waals surface area contributed by atoms with E-state index < -0.39 is 5.97 Å². The molecule has 0 saturated carbocycles. The third-order valence-electron chi connectivity index (χ3n) is 4.73. The number of thiophene rings is 1. The lowest BCUT2D eigenvalue weighted by Gasteiger charge is -2.22. The van der Waals surface area contributed by atoms with E-state index in [-0.39, 0.29) is 17.4 Å². The average molecular weight is 386 g/mol. The van der Waals surface area contributed by atoms with E-state index in [0.717, 1.165) is 12.0 Å². The number of amides is 2. The van der Waals surface area contributed by atoms with Crippen LogP contribution in [0, 0.1) is 0 Å². The predicted octanol–water partition coefficient (Wildman–Crippen LogP) is 2.75. The summed E-state index contributed by atoms with van der Waals surface area (Å²) < 4.78 is 0. The number of benzene rings is 1. The molecule has 3 rings (SSSR count). The fourth-order valence-corrected chi connectivity index (χ4v) is 3.79. The summed E-state index contributed by atoms with van der Waals surface area (Å²) in [4.78, 5) is 39.5. The summed E-state index contributed by atoms with van der Waals surface area (Å²) in [6.07, 6.45) is 1.73. The molecule has 0 aliphatic carbocycles. The van der Waals surface area contributed by atoms with Crippen molar-refractivity contribution in [3.63, 3.8) is 0 Å². The number of hydrogen-bond donors (Lipinski definition) is 1. The minimum absolute atomic E-state index is 0.0315. The molecule has 142 valence electrons. The van der Waals surface area contributed by atoms with Gasteiger partial charge in [-0.05, 0) is 42.0 Å². The van der Waals surface area contributed by atoms with Crippen LogP contribution in [0.4, 0.5) is 0 Å². The second-order valence-corrected chi connectivity index (χ2v) is 7.32. The molecule has 1 aliphatic heterocycles. The fourth-order valence-electron chi connectivity index (χ4n) is 3.16. The van der Waals surface area contributed by atoms with E-state index in [1.807, 2.05) is 26.6 Å². The number of carboxylic acids is 1. The van der Waals surface area contributed by atoms with Gasteiger partial charge in [0.25, 0.3) is 5.91 Å². The Hall–Kier alpha value is -2.67. The van der Waals surface area contributed by atoms with Crippen LogP contribution in [0.15, 0.2) is 41.1 Å². The number of rotatable bonds is 5. The summed E-state index contributed by atoms with van der Waals surface area (Å²) in [6, 6.07) is 8.45. The van der Waals surface area contributed by atoms with Crippen LogP contribution < -0.4 is 0 Å². The fraction of sp³-hybridized carbons (Fsp3) is 0.350. The zero-order valence-electron chi connectivity index (χ0n) is 15.0. The highest BCUT2D eigenvalue weighted by molar-refractivity contribution is 7.08. The van der Waals surface area contributed by atoms with E-state index in [1.54, 1.807) is 24.3 Å². The molecule has 2 aromatic rings. The predicted molar refractivity (Wildman–Crippen MR) is 103 cm³/mol. The smallest absolute Gasteiger partial charge is 0.335 e. The first kappa shape index (κ1) is 19.1. The standard InChI is InChI=1S/C20H22N2O4S/c23-18(7-4-15-2-5-16(6-3-15)20(25)26)21-9-1-10-22(12-11-21)19(24)17-8-13-27-14-17/h2-3,5-6,8,13-14H,1,4,7,9-12H2,(H,25,26). The van der Waals surface area contributed by atoms with Crippen LogP contribution in [0.5, 0.6) is 0 Å². The minimum Gasteiger partial charge on any atom is -0.478 e. The molecular formula is C20H22N2O4S. The second-order valence-electron chi connectivity index (χ2n) is 6.54. The van der Waals surface area contributed by atoms with Crippen molar-refractivity contribution in [2.24, 2.45) is 0 Å². The normalized spacial score (nSPS) is 14.7. The van der Waals surface area contributed by atoms with Gasteiger partial charge in [-0.2, -0.15) is 11.3 Å². The molecule has 0 atom stereocenters.